The lowest BCUT2D eigenvalue weighted by atomic mass is 10.0. The highest BCUT2D eigenvalue weighted by Gasteiger charge is 2.13. The van der Waals surface area contributed by atoms with Crippen molar-refractivity contribution >= 4 is 11.4 Å². The molecule has 96 valence electrons. The van der Waals surface area contributed by atoms with Gasteiger partial charge in [0, 0.05) is 24.0 Å². The molecule has 2 aromatic rings. The molecule has 0 saturated carbocycles. The fourth-order valence-electron chi connectivity index (χ4n) is 2.05. The van der Waals surface area contributed by atoms with Crippen LogP contribution >= 0.6 is 0 Å². The molecular formula is C16H16N2O. The van der Waals surface area contributed by atoms with Crippen LogP contribution in [0.25, 0.3) is 0 Å². The summed E-state index contributed by atoms with van der Waals surface area (Å²) < 4.78 is 0. The van der Waals surface area contributed by atoms with Gasteiger partial charge in [0.1, 0.15) is 0 Å². The molecule has 0 amide bonds. The summed E-state index contributed by atoms with van der Waals surface area (Å²) in [4.78, 5) is 1.98. The molecule has 3 heteroatoms. The van der Waals surface area contributed by atoms with Crippen molar-refractivity contribution in [2.24, 2.45) is 0 Å². The minimum Gasteiger partial charge on any atom is -0.389 e. The van der Waals surface area contributed by atoms with Gasteiger partial charge in [-0.25, -0.2) is 0 Å². The Bertz CT molecular complexity index is 600. The van der Waals surface area contributed by atoms with Gasteiger partial charge >= 0.3 is 0 Å². The third kappa shape index (κ3) is 2.75. The highest BCUT2D eigenvalue weighted by molar-refractivity contribution is 5.67. The van der Waals surface area contributed by atoms with Crippen molar-refractivity contribution in [1.82, 2.24) is 0 Å². The zero-order valence-corrected chi connectivity index (χ0v) is 11.0. The molecule has 0 spiro atoms. The van der Waals surface area contributed by atoms with Crippen molar-refractivity contribution in [2.45, 2.75) is 13.0 Å². The Morgan fingerprint density at radius 2 is 1.84 bits per heavy atom. The molecule has 0 fully saturated rings. The van der Waals surface area contributed by atoms with Gasteiger partial charge in [0.05, 0.1) is 17.7 Å². The van der Waals surface area contributed by atoms with Crippen molar-refractivity contribution in [1.29, 1.82) is 5.26 Å². The Balaban J connectivity index is 2.51. The molecule has 0 aliphatic carbocycles. The van der Waals surface area contributed by atoms with E-state index in [-0.39, 0.29) is 0 Å². The van der Waals surface area contributed by atoms with Gasteiger partial charge in [-0.05, 0) is 31.2 Å². The van der Waals surface area contributed by atoms with Gasteiger partial charge in [-0.3, -0.25) is 0 Å². The number of aliphatic hydroxyl groups is 1. The number of nitriles is 1. The Kier molecular flexibility index (Phi) is 3.84. The van der Waals surface area contributed by atoms with E-state index in [1.165, 1.54) is 0 Å². The first kappa shape index (κ1) is 13.1. The van der Waals surface area contributed by atoms with Crippen LogP contribution < -0.4 is 4.90 Å². The summed E-state index contributed by atoms with van der Waals surface area (Å²) in [5.74, 6) is 0. The van der Waals surface area contributed by atoms with Crippen molar-refractivity contribution in [3.63, 3.8) is 0 Å². The lowest BCUT2D eigenvalue weighted by molar-refractivity contribution is 0.200. The molecule has 1 N–H and O–H groups in total. The predicted octanol–water partition coefficient (Wildman–Crippen LogP) is 3.38. The van der Waals surface area contributed by atoms with Crippen LogP contribution in [0.15, 0.2) is 48.5 Å². The maximum absolute atomic E-state index is 9.85. The topological polar surface area (TPSA) is 47.3 Å². The van der Waals surface area contributed by atoms with Gasteiger partial charge in [0.25, 0.3) is 0 Å². The SMILES string of the molecule is C[C@H](O)c1ccc(C#N)cc1N(C)c1ccccc1. The fraction of sp³-hybridized carbons (Fsp3) is 0.188. The molecule has 2 aromatic carbocycles. The van der Waals surface area contributed by atoms with E-state index in [9.17, 15) is 5.11 Å². The first-order valence-corrected chi connectivity index (χ1v) is 6.14. The monoisotopic (exact) mass is 252 g/mol. The average molecular weight is 252 g/mol. The Morgan fingerprint density at radius 3 is 2.42 bits per heavy atom. The van der Waals surface area contributed by atoms with Crippen molar-refractivity contribution in [3.8, 4) is 6.07 Å². The number of aliphatic hydroxyl groups excluding tert-OH is 1. The molecule has 0 aliphatic rings. The van der Waals surface area contributed by atoms with Crippen LogP contribution in [0.1, 0.15) is 24.2 Å². The van der Waals surface area contributed by atoms with Gasteiger partial charge in [-0.2, -0.15) is 5.26 Å². The van der Waals surface area contributed by atoms with Crippen LogP contribution in [0.2, 0.25) is 0 Å². The Labute approximate surface area is 113 Å². The zero-order valence-electron chi connectivity index (χ0n) is 11.0. The van der Waals surface area contributed by atoms with Gasteiger partial charge in [-0.15, -0.1) is 0 Å². The molecule has 0 aromatic heterocycles. The number of nitrogens with zero attached hydrogens (tertiary/aromatic N) is 2. The Morgan fingerprint density at radius 1 is 1.16 bits per heavy atom. The summed E-state index contributed by atoms with van der Waals surface area (Å²) in [6.07, 6.45) is -0.575. The van der Waals surface area contributed by atoms with E-state index in [0.717, 1.165) is 16.9 Å². The van der Waals surface area contributed by atoms with Gasteiger partial charge in [0.2, 0.25) is 0 Å². The van der Waals surface area contributed by atoms with Crippen LogP contribution in [-0.4, -0.2) is 12.2 Å². The van der Waals surface area contributed by atoms with E-state index in [2.05, 4.69) is 6.07 Å². The van der Waals surface area contributed by atoms with Crippen LogP contribution in [-0.2, 0) is 0 Å². The molecule has 19 heavy (non-hydrogen) atoms. The Hall–Kier alpha value is -2.31. The van der Waals surface area contributed by atoms with Crippen LogP contribution in [0, 0.1) is 11.3 Å². The van der Waals surface area contributed by atoms with E-state index < -0.39 is 6.10 Å². The molecule has 3 nitrogen and oxygen atoms in total. The van der Waals surface area contributed by atoms with E-state index >= 15 is 0 Å². The largest absolute Gasteiger partial charge is 0.389 e. The number of benzene rings is 2. The molecule has 0 saturated heterocycles. The fourth-order valence-corrected chi connectivity index (χ4v) is 2.05. The third-order valence-electron chi connectivity index (χ3n) is 3.11. The molecular weight excluding hydrogens is 236 g/mol. The molecule has 1 atom stereocenters. The number of anilines is 2. The summed E-state index contributed by atoms with van der Waals surface area (Å²) in [6.45, 7) is 1.73. The van der Waals surface area contributed by atoms with E-state index in [0.29, 0.717) is 5.56 Å². The standard InChI is InChI=1S/C16H16N2O/c1-12(19)15-9-8-13(11-17)10-16(15)18(2)14-6-4-3-5-7-14/h3-10,12,19H,1-2H3/t12-/m0/s1. The van der Waals surface area contributed by atoms with Gasteiger partial charge in [-0.1, -0.05) is 24.3 Å². The zero-order chi connectivity index (χ0) is 13.8. The summed E-state index contributed by atoms with van der Waals surface area (Å²) in [5, 5.41) is 18.9. The maximum atomic E-state index is 9.85. The molecule has 0 aliphatic heterocycles. The second kappa shape index (κ2) is 5.55. The molecule has 0 unspecified atom stereocenters. The predicted molar refractivity (Wildman–Crippen MR) is 76.3 cm³/mol. The van der Waals surface area contributed by atoms with Gasteiger partial charge in [0.15, 0.2) is 0 Å². The molecule has 0 radical (unpaired) electrons. The maximum Gasteiger partial charge on any atom is 0.0992 e. The normalized spacial score (nSPS) is 11.7. The highest BCUT2D eigenvalue weighted by Crippen LogP contribution is 2.31. The molecule has 2 rings (SSSR count). The first-order chi connectivity index (χ1) is 9.13. The summed E-state index contributed by atoms with van der Waals surface area (Å²) in [6, 6.07) is 17.3. The smallest absolute Gasteiger partial charge is 0.0992 e. The van der Waals surface area contributed by atoms with Crippen molar-refractivity contribution < 1.29 is 5.11 Å². The summed E-state index contributed by atoms with van der Waals surface area (Å²) >= 11 is 0. The quantitative estimate of drug-likeness (QED) is 0.911. The second-order valence-electron chi connectivity index (χ2n) is 4.46. The number of para-hydroxylation sites is 1. The van der Waals surface area contributed by atoms with E-state index in [1.54, 1.807) is 25.1 Å². The minimum absolute atomic E-state index is 0.575. The van der Waals surface area contributed by atoms with Crippen molar-refractivity contribution in [3.05, 3.63) is 59.7 Å². The third-order valence-corrected chi connectivity index (χ3v) is 3.11. The number of rotatable bonds is 3. The number of hydrogen-bond acceptors (Lipinski definition) is 3. The molecule has 0 bridgehead atoms. The summed E-state index contributed by atoms with van der Waals surface area (Å²) in [5.41, 5.74) is 3.26. The molecule has 0 heterocycles. The van der Waals surface area contributed by atoms with Crippen LogP contribution in [0.3, 0.4) is 0 Å². The first-order valence-electron chi connectivity index (χ1n) is 6.14. The van der Waals surface area contributed by atoms with Crippen molar-refractivity contribution in [2.75, 3.05) is 11.9 Å². The second-order valence-corrected chi connectivity index (χ2v) is 4.46. The average Bonchev–Trinajstić information content (AvgIpc) is 2.46. The highest BCUT2D eigenvalue weighted by atomic mass is 16.3. The lowest BCUT2D eigenvalue weighted by Gasteiger charge is -2.24. The van der Waals surface area contributed by atoms with Crippen LogP contribution in [0.5, 0.6) is 0 Å². The summed E-state index contributed by atoms with van der Waals surface area (Å²) in [7, 11) is 1.93. The van der Waals surface area contributed by atoms with E-state index in [1.807, 2.05) is 42.3 Å². The van der Waals surface area contributed by atoms with E-state index in [4.69, 9.17) is 5.26 Å². The lowest BCUT2D eigenvalue weighted by Crippen LogP contribution is -2.13. The minimum atomic E-state index is -0.575. The van der Waals surface area contributed by atoms with Gasteiger partial charge < -0.3 is 10.0 Å². The van der Waals surface area contributed by atoms with Crippen LogP contribution in [0.4, 0.5) is 11.4 Å². The number of hydrogen-bond donors (Lipinski definition) is 1.